The molecule has 0 aromatic heterocycles. The topological polar surface area (TPSA) is 44.8 Å². The fourth-order valence-electron chi connectivity index (χ4n) is 3.31. The highest BCUT2D eigenvalue weighted by Crippen LogP contribution is 2.25. The van der Waals surface area contributed by atoms with Gasteiger partial charge in [-0.2, -0.15) is 0 Å². The van der Waals surface area contributed by atoms with Crippen molar-refractivity contribution >= 4 is 5.97 Å². The Morgan fingerprint density at radius 2 is 1.41 bits per heavy atom. The zero-order chi connectivity index (χ0) is 23.2. The first-order valence-corrected chi connectivity index (χ1v) is 12.2. The number of hydrogen-bond donors (Lipinski definition) is 0. The van der Waals surface area contributed by atoms with Gasteiger partial charge in [0.15, 0.2) is 0 Å². The van der Waals surface area contributed by atoms with Crippen molar-refractivity contribution in [3.05, 3.63) is 48.5 Å². The number of esters is 1. The molecule has 0 saturated carbocycles. The van der Waals surface area contributed by atoms with E-state index in [0.717, 1.165) is 48.5 Å². The summed E-state index contributed by atoms with van der Waals surface area (Å²) in [5.41, 5.74) is 2.26. The van der Waals surface area contributed by atoms with Crippen molar-refractivity contribution in [3.63, 3.8) is 0 Å². The van der Waals surface area contributed by atoms with Crippen molar-refractivity contribution in [1.82, 2.24) is 0 Å². The van der Waals surface area contributed by atoms with E-state index in [4.69, 9.17) is 14.2 Å². The van der Waals surface area contributed by atoms with Crippen molar-refractivity contribution in [2.75, 3.05) is 13.2 Å². The van der Waals surface area contributed by atoms with Crippen LogP contribution in [-0.4, -0.2) is 25.3 Å². The monoisotopic (exact) mass is 440 g/mol. The Hall–Kier alpha value is -2.49. The molecule has 0 heterocycles. The lowest BCUT2D eigenvalue weighted by Crippen LogP contribution is -2.22. The van der Waals surface area contributed by atoms with Crippen LogP contribution in [0.4, 0.5) is 0 Å². The third kappa shape index (κ3) is 9.76. The Kier molecular flexibility index (Phi) is 11.7. The Labute approximate surface area is 194 Å². The van der Waals surface area contributed by atoms with Crippen LogP contribution in [0.1, 0.15) is 72.6 Å². The Morgan fingerprint density at radius 1 is 0.812 bits per heavy atom. The van der Waals surface area contributed by atoms with Crippen molar-refractivity contribution in [2.24, 2.45) is 5.92 Å². The van der Waals surface area contributed by atoms with Crippen molar-refractivity contribution < 1.29 is 19.0 Å². The van der Waals surface area contributed by atoms with E-state index < -0.39 is 0 Å². The molecule has 0 N–H and O–H groups in total. The molecule has 32 heavy (non-hydrogen) atoms. The summed E-state index contributed by atoms with van der Waals surface area (Å²) in [6.45, 7) is 9.49. The van der Waals surface area contributed by atoms with Gasteiger partial charge in [-0.3, -0.25) is 4.79 Å². The van der Waals surface area contributed by atoms with Crippen LogP contribution in [0.3, 0.4) is 0 Å². The van der Waals surface area contributed by atoms with Gasteiger partial charge in [-0.05, 0) is 61.1 Å². The largest absolute Gasteiger partial charge is 0.494 e. The van der Waals surface area contributed by atoms with Gasteiger partial charge in [0.05, 0.1) is 6.61 Å². The van der Waals surface area contributed by atoms with Crippen LogP contribution in [0.25, 0.3) is 11.1 Å². The molecule has 0 aliphatic rings. The van der Waals surface area contributed by atoms with Crippen LogP contribution in [0, 0.1) is 5.92 Å². The van der Waals surface area contributed by atoms with E-state index in [1.807, 2.05) is 43.3 Å². The fraction of sp³-hybridized carbons (Fsp3) is 0.536. The highest BCUT2D eigenvalue weighted by molar-refractivity contribution is 5.69. The van der Waals surface area contributed by atoms with E-state index in [1.54, 1.807) is 0 Å². The lowest BCUT2D eigenvalue weighted by Gasteiger charge is -2.15. The molecule has 176 valence electrons. The average Bonchev–Trinajstić information content (AvgIpc) is 2.82. The highest BCUT2D eigenvalue weighted by Gasteiger charge is 2.12. The predicted octanol–water partition coefficient (Wildman–Crippen LogP) is 7.45. The molecule has 2 atom stereocenters. The first kappa shape index (κ1) is 25.8. The standard InChI is InChI=1S/C28H40O4/c1-5-7-8-9-20-30-26-15-11-24(12-16-26)25-13-17-27(18-14-25)31-21-23(4)32-28(29)19-10-22(3)6-2/h11-18,22-23H,5-10,19-21H2,1-4H3. The maximum absolute atomic E-state index is 11.9. The minimum absolute atomic E-state index is 0.148. The van der Waals surface area contributed by atoms with Crippen molar-refractivity contribution in [1.29, 1.82) is 0 Å². The van der Waals surface area contributed by atoms with Gasteiger partial charge in [0, 0.05) is 6.42 Å². The summed E-state index contributed by atoms with van der Waals surface area (Å²) in [6.07, 6.45) is 6.99. The molecule has 4 heteroatoms. The molecule has 0 radical (unpaired) electrons. The molecule has 0 aliphatic carbocycles. The molecular formula is C28H40O4. The number of benzene rings is 2. The molecule has 2 rings (SSSR count). The number of carbonyl (C=O) groups excluding carboxylic acids is 1. The van der Waals surface area contributed by atoms with Crippen LogP contribution in [0.2, 0.25) is 0 Å². The number of ether oxygens (including phenoxy) is 3. The Bertz CT molecular complexity index is 767. The summed E-state index contributed by atoms with van der Waals surface area (Å²) in [4.78, 5) is 11.9. The van der Waals surface area contributed by atoms with Crippen LogP contribution < -0.4 is 9.47 Å². The Morgan fingerprint density at radius 3 is 1.97 bits per heavy atom. The van der Waals surface area contributed by atoms with Gasteiger partial charge in [0.2, 0.25) is 0 Å². The minimum Gasteiger partial charge on any atom is -0.494 e. The number of carbonyl (C=O) groups is 1. The minimum atomic E-state index is -0.270. The quantitative estimate of drug-likeness (QED) is 0.213. The number of hydrogen-bond acceptors (Lipinski definition) is 4. The maximum Gasteiger partial charge on any atom is 0.306 e. The first-order chi connectivity index (χ1) is 15.5. The molecule has 0 amide bonds. The van der Waals surface area contributed by atoms with Gasteiger partial charge in [0.25, 0.3) is 0 Å². The second-order valence-corrected chi connectivity index (χ2v) is 8.62. The average molecular weight is 441 g/mol. The lowest BCUT2D eigenvalue weighted by molar-refractivity contribution is -0.149. The molecule has 0 spiro atoms. The third-order valence-electron chi connectivity index (χ3n) is 5.66. The summed E-state index contributed by atoms with van der Waals surface area (Å²) in [5, 5.41) is 0. The fourth-order valence-corrected chi connectivity index (χ4v) is 3.31. The lowest BCUT2D eigenvalue weighted by atomic mass is 10.0. The van der Waals surface area contributed by atoms with E-state index in [0.29, 0.717) is 18.9 Å². The van der Waals surface area contributed by atoms with E-state index in [1.165, 1.54) is 19.3 Å². The maximum atomic E-state index is 11.9. The first-order valence-electron chi connectivity index (χ1n) is 12.2. The van der Waals surface area contributed by atoms with E-state index in [-0.39, 0.29) is 12.1 Å². The van der Waals surface area contributed by atoms with Crippen molar-refractivity contribution in [2.45, 2.75) is 78.7 Å². The zero-order valence-electron chi connectivity index (χ0n) is 20.3. The van der Waals surface area contributed by atoms with E-state index >= 15 is 0 Å². The number of unbranched alkanes of at least 4 members (excludes halogenated alkanes) is 3. The molecule has 4 nitrogen and oxygen atoms in total. The summed E-state index contributed by atoms with van der Waals surface area (Å²) in [7, 11) is 0. The SMILES string of the molecule is CCCCCCOc1ccc(-c2ccc(OCC(C)OC(=O)CCC(C)CC)cc2)cc1. The molecule has 0 fully saturated rings. The normalized spacial score (nSPS) is 12.8. The van der Waals surface area contributed by atoms with Crippen LogP contribution >= 0.6 is 0 Å². The molecule has 2 unspecified atom stereocenters. The van der Waals surface area contributed by atoms with Gasteiger partial charge >= 0.3 is 5.97 Å². The summed E-state index contributed by atoms with van der Waals surface area (Å²) < 4.78 is 17.1. The molecule has 0 bridgehead atoms. The Balaban J connectivity index is 1.75. The van der Waals surface area contributed by atoms with Crippen LogP contribution in [0.5, 0.6) is 11.5 Å². The van der Waals surface area contributed by atoms with Crippen LogP contribution in [0.15, 0.2) is 48.5 Å². The van der Waals surface area contributed by atoms with Gasteiger partial charge in [-0.1, -0.05) is 70.7 Å². The molecule has 0 saturated heterocycles. The highest BCUT2D eigenvalue weighted by atomic mass is 16.6. The number of rotatable bonds is 15. The molecule has 0 aliphatic heterocycles. The smallest absolute Gasteiger partial charge is 0.306 e. The van der Waals surface area contributed by atoms with E-state index in [9.17, 15) is 4.79 Å². The van der Waals surface area contributed by atoms with Gasteiger partial charge in [-0.25, -0.2) is 0 Å². The summed E-state index contributed by atoms with van der Waals surface area (Å²) in [6, 6.07) is 16.2. The predicted molar refractivity (Wildman–Crippen MR) is 131 cm³/mol. The summed E-state index contributed by atoms with van der Waals surface area (Å²) in [5.74, 6) is 2.08. The molecule has 2 aromatic rings. The third-order valence-corrected chi connectivity index (χ3v) is 5.66. The molecular weight excluding hydrogens is 400 g/mol. The van der Waals surface area contributed by atoms with Gasteiger partial charge < -0.3 is 14.2 Å². The summed E-state index contributed by atoms with van der Waals surface area (Å²) >= 11 is 0. The second-order valence-electron chi connectivity index (χ2n) is 8.62. The molecule has 2 aromatic carbocycles. The van der Waals surface area contributed by atoms with Gasteiger partial charge in [0.1, 0.15) is 24.2 Å². The second kappa shape index (κ2) is 14.5. The van der Waals surface area contributed by atoms with Gasteiger partial charge in [-0.15, -0.1) is 0 Å². The zero-order valence-corrected chi connectivity index (χ0v) is 20.3. The van der Waals surface area contributed by atoms with Crippen LogP contribution in [-0.2, 0) is 9.53 Å². The van der Waals surface area contributed by atoms with Crippen molar-refractivity contribution in [3.8, 4) is 22.6 Å². The van der Waals surface area contributed by atoms with E-state index in [2.05, 4.69) is 32.9 Å².